The van der Waals surface area contributed by atoms with Gasteiger partial charge in [0, 0.05) is 24.6 Å². The summed E-state index contributed by atoms with van der Waals surface area (Å²) in [5.74, 6) is 0.238. The van der Waals surface area contributed by atoms with E-state index in [2.05, 4.69) is 15.3 Å². The summed E-state index contributed by atoms with van der Waals surface area (Å²) in [4.78, 5) is 31.6. The molecule has 0 aromatic carbocycles. The van der Waals surface area contributed by atoms with Gasteiger partial charge in [0.1, 0.15) is 0 Å². The van der Waals surface area contributed by atoms with Crippen molar-refractivity contribution in [2.75, 3.05) is 12.8 Å². The van der Waals surface area contributed by atoms with E-state index in [1.54, 1.807) is 33.2 Å². The number of hydrogen-bond acceptors (Lipinski definition) is 5. The number of nitrogens with two attached hydrogens (primary N) is 1. The van der Waals surface area contributed by atoms with Crippen molar-refractivity contribution in [1.82, 2.24) is 19.9 Å². The Bertz CT molecular complexity index is 752. The van der Waals surface area contributed by atoms with Crippen LogP contribution in [0.2, 0.25) is 0 Å². The van der Waals surface area contributed by atoms with E-state index in [9.17, 15) is 9.59 Å². The summed E-state index contributed by atoms with van der Waals surface area (Å²) in [6.45, 7) is 3.53. The van der Waals surface area contributed by atoms with Gasteiger partial charge in [-0.15, -0.1) is 0 Å². The number of carbonyl (C=O) groups excluding carboxylic acids is 1. The molecule has 7 nitrogen and oxygen atoms in total. The van der Waals surface area contributed by atoms with E-state index < -0.39 is 0 Å². The lowest BCUT2D eigenvalue weighted by Crippen LogP contribution is -2.24. The number of pyridine rings is 1. The Hall–Kier alpha value is -2.70. The summed E-state index contributed by atoms with van der Waals surface area (Å²) in [5.41, 5.74) is 8.08. The first-order chi connectivity index (χ1) is 9.93. The summed E-state index contributed by atoms with van der Waals surface area (Å²) in [7, 11) is 1.57. The van der Waals surface area contributed by atoms with Crippen molar-refractivity contribution in [2.45, 2.75) is 20.3 Å². The molecule has 0 unspecified atom stereocenters. The monoisotopic (exact) mass is 287 g/mol. The first kappa shape index (κ1) is 14.7. The quantitative estimate of drug-likeness (QED) is 0.834. The van der Waals surface area contributed by atoms with Gasteiger partial charge in [-0.2, -0.15) is 0 Å². The molecule has 3 N–H and O–H groups in total. The molecule has 0 atom stereocenters. The predicted octanol–water partition coefficient (Wildman–Crippen LogP) is 0.115. The van der Waals surface area contributed by atoms with E-state index >= 15 is 0 Å². The Morgan fingerprint density at radius 3 is 2.71 bits per heavy atom. The maximum absolute atomic E-state index is 12.0. The second kappa shape index (κ2) is 5.74. The number of likely N-dealkylation sites (N-methyl/N-ethyl adjacent to an activating group) is 1. The lowest BCUT2D eigenvalue weighted by molar-refractivity contribution is -0.119. The minimum atomic E-state index is -0.298. The van der Waals surface area contributed by atoms with Gasteiger partial charge in [-0.3, -0.25) is 19.1 Å². The number of aryl methyl sites for hydroxylation is 2. The molecule has 0 bridgehead atoms. The molecule has 0 radical (unpaired) electrons. The molecule has 0 aliphatic rings. The number of nitrogen functional groups attached to an aromatic ring is 1. The molecule has 21 heavy (non-hydrogen) atoms. The predicted molar refractivity (Wildman–Crippen MR) is 79.3 cm³/mol. The molecule has 0 aliphatic carbocycles. The van der Waals surface area contributed by atoms with Gasteiger partial charge in [-0.25, -0.2) is 4.98 Å². The minimum Gasteiger partial charge on any atom is -0.396 e. The van der Waals surface area contributed by atoms with Crippen molar-refractivity contribution in [3.8, 4) is 5.82 Å². The van der Waals surface area contributed by atoms with Gasteiger partial charge in [0.2, 0.25) is 5.91 Å². The van der Waals surface area contributed by atoms with E-state index in [0.717, 1.165) is 5.56 Å². The van der Waals surface area contributed by atoms with Gasteiger partial charge >= 0.3 is 0 Å². The van der Waals surface area contributed by atoms with Crippen LogP contribution in [0, 0.1) is 13.8 Å². The second-order valence-corrected chi connectivity index (χ2v) is 4.72. The third-order valence-corrected chi connectivity index (χ3v) is 3.19. The average molecular weight is 287 g/mol. The zero-order valence-electron chi connectivity index (χ0n) is 12.2. The normalized spacial score (nSPS) is 10.4. The van der Waals surface area contributed by atoms with Crippen LogP contribution in [0.5, 0.6) is 0 Å². The molecule has 7 heteroatoms. The number of rotatable bonds is 3. The van der Waals surface area contributed by atoms with Crippen LogP contribution < -0.4 is 16.6 Å². The Balaban J connectivity index is 2.55. The Labute approximate surface area is 121 Å². The van der Waals surface area contributed by atoms with Crippen molar-refractivity contribution >= 4 is 11.6 Å². The summed E-state index contributed by atoms with van der Waals surface area (Å²) in [6.07, 6.45) is 2.97. The molecule has 110 valence electrons. The third kappa shape index (κ3) is 2.91. The third-order valence-electron chi connectivity index (χ3n) is 3.19. The van der Waals surface area contributed by atoms with E-state index in [1.165, 1.54) is 10.8 Å². The number of carbonyl (C=O) groups is 1. The van der Waals surface area contributed by atoms with Crippen molar-refractivity contribution in [3.63, 3.8) is 0 Å². The molecule has 0 spiro atoms. The lowest BCUT2D eigenvalue weighted by atomic mass is 10.1. The van der Waals surface area contributed by atoms with E-state index in [-0.39, 0.29) is 17.9 Å². The topological polar surface area (TPSA) is 103 Å². The highest BCUT2D eigenvalue weighted by Gasteiger charge is 2.13. The highest BCUT2D eigenvalue weighted by molar-refractivity contribution is 5.79. The fraction of sp³-hybridized carbons (Fsp3) is 0.286. The van der Waals surface area contributed by atoms with Crippen LogP contribution in [0.1, 0.15) is 17.0 Å². The largest absolute Gasteiger partial charge is 0.396 e. The summed E-state index contributed by atoms with van der Waals surface area (Å²) < 4.78 is 1.40. The summed E-state index contributed by atoms with van der Waals surface area (Å²) in [6, 6.07) is 1.68. The number of nitrogens with zero attached hydrogens (tertiary/aromatic N) is 3. The fourth-order valence-corrected chi connectivity index (χ4v) is 2.04. The molecule has 0 saturated heterocycles. The maximum Gasteiger partial charge on any atom is 0.274 e. The molecule has 0 saturated carbocycles. The van der Waals surface area contributed by atoms with E-state index in [1.807, 2.05) is 0 Å². The molecule has 2 aromatic rings. The van der Waals surface area contributed by atoms with Crippen molar-refractivity contribution in [2.24, 2.45) is 0 Å². The summed E-state index contributed by atoms with van der Waals surface area (Å²) in [5, 5.41) is 2.55. The molecular weight excluding hydrogens is 270 g/mol. The fourth-order valence-electron chi connectivity index (χ4n) is 2.04. The van der Waals surface area contributed by atoms with Crippen LogP contribution in [-0.4, -0.2) is 27.5 Å². The zero-order chi connectivity index (χ0) is 15.6. The number of nitrogens with one attached hydrogen (secondary N) is 1. The van der Waals surface area contributed by atoms with Gasteiger partial charge in [0.05, 0.1) is 18.3 Å². The standard InChI is InChI=1S/C14H17N5O2/c1-8-6-17-7-13(21)19(8)14-11(15)4-10(9(2)18-14)5-12(20)16-3/h4,6-7H,5,15H2,1-3H3,(H,16,20). The molecule has 2 aromatic heterocycles. The molecule has 0 aliphatic heterocycles. The van der Waals surface area contributed by atoms with Gasteiger partial charge in [-0.05, 0) is 25.5 Å². The van der Waals surface area contributed by atoms with Gasteiger partial charge < -0.3 is 11.1 Å². The van der Waals surface area contributed by atoms with Crippen LogP contribution >= 0.6 is 0 Å². The Morgan fingerprint density at radius 1 is 1.38 bits per heavy atom. The highest BCUT2D eigenvalue weighted by Crippen LogP contribution is 2.19. The first-order valence-corrected chi connectivity index (χ1v) is 6.44. The second-order valence-electron chi connectivity index (χ2n) is 4.72. The van der Waals surface area contributed by atoms with E-state index in [4.69, 9.17) is 5.73 Å². The molecule has 0 fully saturated rings. The SMILES string of the molecule is CNC(=O)Cc1cc(N)c(-n2c(C)cncc2=O)nc1C. The van der Waals surface area contributed by atoms with Crippen LogP contribution in [0.3, 0.4) is 0 Å². The van der Waals surface area contributed by atoms with Crippen LogP contribution in [0.4, 0.5) is 5.69 Å². The molecular formula is C14H17N5O2. The van der Waals surface area contributed by atoms with Gasteiger partial charge in [0.25, 0.3) is 5.56 Å². The van der Waals surface area contributed by atoms with Crippen molar-refractivity contribution in [1.29, 1.82) is 0 Å². The van der Waals surface area contributed by atoms with Crippen molar-refractivity contribution < 1.29 is 4.79 Å². The first-order valence-electron chi connectivity index (χ1n) is 6.44. The zero-order valence-corrected chi connectivity index (χ0v) is 12.2. The number of aromatic nitrogens is 3. The van der Waals surface area contributed by atoms with Crippen molar-refractivity contribution in [3.05, 3.63) is 45.8 Å². The number of anilines is 1. The van der Waals surface area contributed by atoms with Gasteiger partial charge in [0.15, 0.2) is 5.82 Å². The lowest BCUT2D eigenvalue weighted by Gasteiger charge is -2.13. The van der Waals surface area contributed by atoms with Crippen LogP contribution in [-0.2, 0) is 11.2 Å². The summed E-state index contributed by atoms with van der Waals surface area (Å²) >= 11 is 0. The molecule has 2 heterocycles. The van der Waals surface area contributed by atoms with Crippen LogP contribution in [0.15, 0.2) is 23.3 Å². The minimum absolute atomic E-state index is 0.121. The molecule has 1 amide bonds. The number of amides is 1. The smallest absolute Gasteiger partial charge is 0.274 e. The van der Waals surface area contributed by atoms with E-state index in [0.29, 0.717) is 22.9 Å². The average Bonchev–Trinajstić information content (AvgIpc) is 2.43. The van der Waals surface area contributed by atoms with Gasteiger partial charge in [-0.1, -0.05) is 0 Å². The number of hydrogen-bond donors (Lipinski definition) is 2. The maximum atomic E-state index is 12.0. The molecule has 2 rings (SSSR count). The van der Waals surface area contributed by atoms with Crippen LogP contribution in [0.25, 0.3) is 5.82 Å². The Kier molecular flexibility index (Phi) is 4.02. The Morgan fingerprint density at radius 2 is 2.10 bits per heavy atom. The highest BCUT2D eigenvalue weighted by atomic mass is 16.1.